The third-order valence-electron chi connectivity index (χ3n) is 5.13. The van der Waals surface area contributed by atoms with E-state index in [0.717, 1.165) is 25.1 Å². The molecule has 2 aliphatic rings. The maximum absolute atomic E-state index is 12.9. The van der Waals surface area contributed by atoms with Gasteiger partial charge in [-0.3, -0.25) is 14.7 Å². The number of aromatic nitrogens is 5. The van der Waals surface area contributed by atoms with Crippen molar-refractivity contribution < 1.29 is 14.0 Å². The summed E-state index contributed by atoms with van der Waals surface area (Å²) >= 11 is 0. The predicted octanol–water partition coefficient (Wildman–Crippen LogP) is 0.887. The van der Waals surface area contributed by atoms with E-state index in [4.69, 9.17) is 4.42 Å². The van der Waals surface area contributed by atoms with E-state index in [2.05, 4.69) is 30.9 Å². The van der Waals surface area contributed by atoms with Crippen LogP contribution in [0.1, 0.15) is 27.5 Å². The Hall–Kier alpha value is -3.89. The summed E-state index contributed by atoms with van der Waals surface area (Å²) in [5.41, 5.74) is 1.74. The zero-order chi connectivity index (χ0) is 20.5. The molecule has 0 radical (unpaired) electrons. The maximum atomic E-state index is 12.9. The second-order valence-corrected chi connectivity index (χ2v) is 7.10. The minimum atomic E-state index is -0.301. The smallest absolute Gasteiger partial charge is 0.294 e. The first kappa shape index (κ1) is 18.2. The molecule has 154 valence electrons. The number of hydrogen-bond acceptors (Lipinski definition) is 7. The Bertz CT molecular complexity index is 1070. The number of aryl methyl sites for hydroxylation is 1. The Kier molecular flexibility index (Phi) is 4.54. The van der Waals surface area contributed by atoms with Gasteiger partial charge in [-0.05, 0) is 18.6 Å². The minimum absolute atomic E-state index is 0.165. The SMILES string of the molecule is O=C(NCC1C=CCN1C(=O)c1nc2n(n1)CCCN2)c1cc(-c2ccoc2)n[nH]1. The van der Waals surface area contributed by atoms with E-state index in [0.29, 0.717) is 23.9 Å². The number of H-pyrrole nitrogens is 1. The zero-order valence-corrected chi connectivity index (χ0v) is 16.0. The van der Waals surface area contributed by atoms with Crippen molar-refractivity contribution in [1.29, 1.82) is 0 Å². The Labute approximate surface area is 171 Å². The molecule has 2 aliphatic heterocycles. The second kappa shape index (κ2) is 7.50. The maximum Gasteiger partial charge on any atom is 0.294 e. The fraction of sp³-hybridized carbons (Fsp3) is 0.316. The predicted molar refractivity (Wildman–Crippen MR) is 106 cm³/mol. The number of carbonyl (C=O) groups is 2. The molecule has 3 N–H and O–H groups in total. The molecule has 0 aromatic carbocycles. The number of anilines is 1. The van der Waals surface area contributed by atoms with Gasteiger partial charge in [0.15, 0.2) is 0 Å². The largest absolute Gasteiger partial charge is 0.472 e. The number of amides is 2. The molecule has 30 heavy (non-hydrogen) atoms. The molecule has 0 spiro atoms. The van der Waals surface area contributed by atoms with Crippen LogP contribution in [0.25, 0.3) is 11.3 Å². The fourth-order valence-corrected chi connectivity index (χ4v) is 3.55. The molecule has 3 aromatic rings. The molecule has 1 unspecified atom stereocenters. The van der Waals surface area contributed by atoms with Crippen molar-refractivity contribution in [3.05, 3.63) is 48.3 Å². The lowest BCUT2D eigenvalue weighted by Gasteiger charge is -2.23. The molecule has 0 aliphatic carbocycles. The summed E-state index contributed by atoms with van der Waals surface area (Å²) in [4.78, 5) is 31.4. The summed E-state index contributed by atoms with van der Waals surface area (Å²) in [5, 5.41) is 17.2. The molecule has 0 fully saturated rings. The number of hydrogen-bond donors (Lipinski definition) is 3. The summed E-state index contributed by atoms with van der Waals surface area (Å²) in [6, 6.07) is 3.15. The molecular weight excluding hydrogens is 388 g/mol. The first-order valence-corrected chi connectivity index (χ1v) is 9.71. The third kappa shape index (κ3) is 3.34. The molecule has 11 heteroatoms. The number of nitrogens with zero attached hydrogens (tertiary/aromatic N) is 5. The van der Waals surface area contributed by atoms with Gasteiger partial charge in [0.05, 0.1) is 24.3 Å². The van der Waals surface area contributed by atoms with E-state index in [-0.39, 0.29) is 30.2 Å². The number of nitrogens with one attached hydrogen (secondary N) is 3. The van der Waals surface area contributed by atoms with Crippen molar-refractivity contribution in [3.8, 4) is 11.3 Å². The van der Waals surface area contributed by atoms with Gasteiger partial charge in [-0.1, -0.05) is 12.2 Å². The molecule has 2 amide bonds. The standard InChI is InChI=1S/C19H20N8O3/c28-17(15-9-14(23-24-15)12-4-8-30-11-12)21-10-13-3-1-6-26(13)18(29)16-22-19-20-5-2-7-27(19)25-16/h1,3-4,8-9,11,13H,2,5-7,10H2,(H,21,28)(H,23,24)(H,20,22,25). The fourth-order valence-electron chi connectivity index (χ4n) is 3.55. The molecule has 0 saturated heterocycles. The van der Waals surface area contributed by atoms with Crippen molar-refractivity contribution in [1.82, 2.24) is 35.2 Å². The van der Waals surface area contributed by atoms with Crippen molar-refractivity contribution in [2.75, 3.05) is 25.0 Å². The minimum Gasteiger partial charge on any atom is -0.472 e. The van der Waals surface area contributed by atoms with Gasteiger partial charge in [-0.15, -0.1) is 5.10 Å². The summed E-state index contributed by atoms with van der Waals surface area (Å²) < 4.78 is 6.75. The number of fused-ring (bicyclic) bond motifs is 1. The van der Waals surface area contributed by atoms with Crippen LogP contribution in [0.5, 0.6) is 0 Å². The lowest BCUT2D eigenvalue weighted by molar-refractivity contribution is 0.0727. The van der Waals surface area contributed by atoms with Gasteiger partial charge in [-0.25, -0.2) is 4.68 Å². The van der Waals surface area contributed by atoms with E-state index >= 15 is 0 Å². The monoisotopic (exact) mass is 408 g/mol. The summed E-state index contributed by atoms with van der Waals surface area (Å²) in [5.74, 6) is 0.225. The van der Waals surface area contributed by atoms with Gasteiger partial charge in [-0.2, -0.15) is 10.1 Å². The number of aromatic amines is 1. The van der Waals surface area contributed by atoms with E-state index in [1.165, 1.54) is 0 Å². The second-order valence-electron chi connectivity index (χ2n) is 7.10. The van der Waals surface area contributed by atoms with Crippen molar-refractivity contribution in [2.24, 2.45) is 0 Å². The zero-order valence-electron chi connectivity index (χ0n) is 16.0. The van der Waals surface area contributed by atoms with Gasteiger partial charge in [0.1, 0.15) is 5.69 Å². The topological polar surface area (TPSA) is 134 Å². The van der Waals surface area contributed by atoms with E-state index in [1.807, 2.05) is 12.2 Å². The Morgan fingerprint density at radius 2 is 2.30 bits per heavy atom. The van der Waals surface area contributed by atoms with Crippen LogP contribution in [0.2, 0.25) is 0 Å². The number of furan rings is 1. The molecular formula is C19H20N8O3. The summed E-state index contributed by atoms with van der Waals surface area (Å²) in [6.07, 6.45) is 7.84. The Morgan fingerprint density at radius 1 is 1.37 bits per heavy atom. The molecule has 1 atom stereocenters. The highest BCUT2D eigenvalue weighted by molar-refractivity contribution is 5.94. The van der Waals surface area contributed by atoms with E-state index in [9.17, 15) is 9.59 Å². The Balaban J connectivity index is 1.22. The van der Waals surface area contributed by atoms with Crippen LogP contribution in [-0.4, -0.2) is 67.4 Å². The van der Waals surface area contributed by atoms with Gasteiger partial charge in [0, 0.05) is 31.7 Å². The van der Waals surface area contributed by atoms with Gasteiger partial charge >= 0.3 is 0 Å². The van der Waals surface area contributed by atoms with Gasteiger partial charge in [0.2, 0.25) is 11.8 Å². The van der Waals surface area contributed by atoms with Crippen molar-refractivity contribution in [2.45, 2.75) is 19.0 Å². The van der Waals surface area contributed by atoms with Crippen LogP contribution in [-0.2, 0) is 6.54 Å². The summed E-state index contributed by atoms with van der Waals surface area (Å²) in [7, 11) is 0. The molecule has 0 saturated carbocycles. The molecule has 11 nitrogen and oxygen atoms in total. The average molecular weight is 408 g/mol. The normalized spacial score (nSPS) is 17.6. The average Bonchev–Trinajstić information content (AvgIpc) is 3.56. The van der Waals surface area contributed by atoms with Crippen LogP contribution in [0.3, 0.4) is 0 Å². The van der Waals surface area contributed by atoms with Gasteiger partial charge in [0.25, 0.3) is 11.8 Å². The molecule has 5 rings (SSSR count). The van der Waals surface area contributed by atoms with Crippen molar-refractivity contribution >= 4 is 17.8 Å². The first-order chi connectivity index (χ1) is 14.7. The Morgan fingerprint density at radius 3 is 3.13 bits per heavy atom. The summed E-state index contributed by atoms with van der Waals surface area (Å²) in [6.45, 7) is 2.28. The van der Waals surface area contributed by atoms with Crippen LogP contribution in [0, 0.1) is 0 Å². The van der Waals surface area contributed by atoms with Crippen molar-refractivity contribution in [3.63, 3.8) is 0 Å². The van der Waals surface area contributed by atoms with Crippen LogP contribution >= 0.6 is 0 Å². The highest BCUT2D eigenvalue weighted by atomic mass is 16.3. The van der Waals surface area contributed by atoms with E-state index in [1.54, 1.807) is 34.2 Å². The quantitative estimate of drug-likeness (QED) is 0.534. The lowest BCUT2D eigenvalue weighted by atomic mass is 10.2. The molecule has 3 aromatic heterocycles. The van der Waals surface area contributed by atoms with Gasteiger partial charge < -0.3 is 20.0 Å². The highest BCUT2D eigenvalue weighted by Gasteiger charge is 2.30. The first-order valence-electron chi connectivity index (χ1n) is 9.71. The van der Waals surface area contributed by atoms with Crippen LogP contribution in [0.15, 0.2) is 41.2 Å². The highest BCUT2D eigenvalue weighted by Crippen LogP contribution is 2.18. The molecule has 0 bridgehead atoms. The van der Waals surface area contributed by atoms with Crippen LogP contribution in [0.4, 0.5) is 5.95 Å². The number of carbonyl (C=O) groups excluding carboxylic acids is 2. The lowest BCUT2D eigenvalue weighted by Crippen LogP contribution is -2.43. The van der Waals surface area contributed by atoms with E-state index < -0.39 is 0 Å². The number of rotatable bonds is 5. The third-order valence-corrected chi connectivity index (χ3v) is 5.13. The molecule has 5 heterocycles. The van der Waals surface area contributed by atoms with Crippen LogP contribution < -0.4 is 10.6 Å².